The van der Waals surface area contributed by atoms with Crippen LogP contribution in [0.2, 0.25) is 5.02 Å². The van der Waals surface area contributed by atoms with Crippen LogP contribution in [0.1, 0.15) is 23.0 Å². The second kappa shape index (κ2) is 8.88. The molecule has 0 radical (unpaired) electrons. The molecule has 2 aromatic rings. The first-order valence-corrected chi connectivity index (χ1v) is 11.8. The second-order valence-corrected chi connectivity index (χ2v) is 10.4. The van der Waals surface area contributed by atoms with Crippen molar-refractivity contribution in [3.8, 4) is 0 Å². The van der Waals surface area contributed by atoms with Crippen LogP contribution in [-0.4, -0.2) is 66.6 Å². The van der Waals surface area contributed by atoms with Gasteiger partial charge < -0.3 is 15.2 Å². The van der Waals surface area contributed by atoms with Crippen molar-refractivity contribution in [1.82, 2.24) is 19.5 Å². The first-order chi connectivity index (χ1) is 14.1. The molecule has 162 valence electrons. The van der Waals surface area contributed by atoms with E-state index in [4.69, 9.17) is 11.6 Å². The van der Waals surface area contributed by atoms with Crippen LogP contribution in [0.25, 0.3) is 0 Å². The number of aryl methyl sites for hydroxylation is 1. The molecule has 1 aliphatic rings. The van der Waals surface area contributed by atoms with Crippen LogP contribution < -0.4 is 10.2 Å². The Morgan fingerprint density at radius 2 is 1.83 bits per heavy atom. The zero-order chi connectivity index (χ0) is 22.1. The minimum absolute atomic E-state index is 0.00681. The van der Waals surface area contributed by atoms with Gasteiger partial charge in [-0.1, -0.05) is 35.1 Å². The standard InChI is InChI=1S/C18H21ClN4O5S2/c1-11(20-15(24)13-5-3-4-6-14(13)19)16(25)22-7-9-23(10-8-22)30(27,28)17-12(2)21-18(26)29-17/h3-6,11H,7-10H2,1-2H3,(H,20,24)(H,21,26). The van der Waals surface area contributed by atoms with Crippen molar-refractivity contribution in [2.45, 2.75) is 24.1 Å². The SMILES string of the molecule is Cc1[nH]c(=O)sc1S(=O)(=O)N1CCN(C(=O)C(C)NC(=O)c2ccccc2Cl)CC1. The van der Waals surface area contributed by atoms with Gasteiger partial charge in [-0.25, -0.2) is 8.42 Å². The highest BCUT2D eigenvalue weighted by Crippen LogP contribution is 2.22. The largest absolute Gasteiger partial charge is 0.340 e. The van der Waals surface area contributed by atoms with Gasteiger partial charge in [-0.3, -0.25) is 14.4 Å². The third-order valence-corrected chi connectivity index (χ3v) is 8.55. The van der Waals surface area contributed by atoms with Crippen LogP contribution >= 0.6 is 22.9 Å². The van der Waals surface area contributed by atoms with Crippen LogP contribution in [0.4, 0.5) is 0 Å². The van der Waals surface area contributed by atoms with E-state index in [0.717, 1.165) is 0 Å². The predicted molar refractivity (Wildman–Crippen MR) is 113 cm³/mol. The number of nitrogens with one attached hydrogen (secondary N) is 2. The minimum atomic E-state index is -3.80. The van der Waals surface area contributed by atoms with Gasteiger partial charge in [0, 0.05) is 31.9 Å². The van der Waals surface area contributed by atoms with E-state index in [0.29, 0.717) is 17.0 Å². The molecule has 1 atom stereocenters. The van der Waals surface area contributed by atoms with Gasteiger partial charge in [0.25, 0.3) is 15.9 Å². The van der Waals surface area contributed by atoms with Crippen LogP contribution in [0.5, 0.6) is 0 Å². The summed E-state index contributed by atoms with van der Waals surface area (Å²) in [5, 5.41) is 2.92. The Morgan fingerprint density at radius 3 is 2.40 bits per heavy atom. The Hall–Kier alpha value is -2.21. The molecule has 12 heteroatoms. The summed E-state index contributed by atoms with van der Waals surface area (Å²) in [4.78, 5) is 40.1. The molecule has 9 nitrogen and oxygen atoms in total. The van der Waals surface area contributed by atoms with Crippen molar-refractivity contribution in [2.75, 3.05) is 26.2 Å². The number of benzene rings is 1. The smallest absolute Gasteiger partial charge is 0.305 e. The lowest BCUT2D eigenvalue weighted by Crippen LogP contribution is -2.55. The third-order valence-electron chi connectivity index (χ3n) is 4.74. The number of aromatic nitrogens is 1. The Kier molecular flexibility index (Phi) is 6.65. The number of rotatable bonds is 5. The van der Waals surface area contributed by atoms with Crippen molar-refractivity contribution in [1.29, 1.82) is 0 Å². The molecular weight excluding hydrogens is 452 g/mol. The average molecular weight is 473 g/mol. The fourth-order valence-corrected chi connectivity index (χ4v) is 6.24. The molecule has 1 aliphatic heterocycles. The summed E-state index contributed by atoms with van der Waals surface area (Å²) in [6.07, 6.45) is 0. The van der Waals surface area contributed by atoms with Crippen molar-refractivity contribution in [3.63, 3.8) is 0 Å². The normalized spacial score (nSPS) is 16.3. The van der Waals surface area contributed by atoms with Crippen molar-refractivity contribution in [3.05, 3.63) is 50.2 Å². The molecule has 0 bridgehead atoms. The Balaban J connectivity index is 1.61. The van der Waals surface area contributed by atoms with E-state index < -0.39 is 26.8 Å². The number of hydrogen-bond acceptors (Lipinski definition) is 6. The molecular formula is C18H21ClN4O5S2. The zero-order valence-corrected chi connectivity index (χ0v) is 18.7. The lowest BCUT2D eigenvalue weighted by atomic mass is 10.2. The van der Waals surface area contributed by atoms with E-state index in [9.17, 15) is 22.8 Å². The van der Waals surface area contributed by atoms with E-state index in [1.54, 1.807) is 31.2 Å². The Bertz CT molecular complexity index is 1120. The van der Waals surface area contributed by atoms with Gasteiger partial charge in [0.1, 0.15) is 6.04 Å². The maximum Gasteiger partial charge on any atom is 0.305 e. The van der Waals surface area contributed by atoms with E-state index >= 15 is 0 Å². The van der Waals surface area contributed by atoms with Gasteiger partial charge in [-0.05, 0) is 26.0 Å². The first-order valence-electron chi connectivity index (χ1n) is 9.15. The lowest BCUT2D eigenvalue weighted by molar-refractivity contribution is -0.134. The van der Waals surface area contributed by atoms with E-state index in [2.05, 4.69) is 10.3 Å². The van der Waals surface area contributed by atoms with Crippen LogP contribution in [0.3, 0.4) is 0 Å². The van der Waals surface area contributed by atoms with Gasteiger partial charge in [0.2, 0.25) is 5.91 Å². The van der Waals surface area contributed by atoms with Gasteiger partial charge in [-0.15, -0.1) is 0 Å². The van der Waals surface area contributed by atoms with Crippen molar-refractivity contribution < 1.29 is 18.0 Å². The number of piperazine rings is 1. The molecule has 2 heterocycles. The van der Waals surface area contributed by atoms with Gasteiger partial charge in [0.15, 0.2) is 4.21 Å². The summed E-state index contributed by atoms with van der Waals surface area (Å²) in [5.74, 6) is -0.768. The fourth-order valence-electron chi connectivity index (χ4n) is 3.16. The van der Waals surface area contributed by atoms with Gasteiger partial charge in [0.05, 0.1) is 10.6 Å². The summed E-state index contributed by atoms with van der Waals surface area (Å²) in [7, 11) is -3.80. The van der Waals surface area contributed by atoms with Crippen LogP contribution in [-0.2, 0) is 14.8 Å². The number of carbonyl (C=O) groups excluding carboxylic acids is 2. The summed E-state index contributed by atoms with van der Waals surface area (Å²) in [5.41, 5.74) is 0.579. The van der Waals surface area contributed by atoms with Crippen molar-refractivity contribution >= 4 is 44.8 Å². The van der Waals surface area contributed by atoms with Gasteiger partial charge >= 0.3 is 4.87 Å². The van der Waals surface area contributed by atoms with Gasteiger partial charge in [-0.2, -0.15) is 4.31 Å². The number of carbonyl (C=O) groups is 2. The monoisotopic (exact) mass is 472 g/mol. The summed E-state index contributed by atoms with van der Waals surface area (Å²) in [6, 6.07) is 5.74. The predicted octanol–water partition coefficient (Wildman–Crippen LogP) is 1.05. The minimum Gasteiger partial charge on any atom is -0.340 e. The molecule has 0 spiro atoms. The zero-order valence-electron chi connectivity index (χ0n) is 16.3. The third kappa shape index (κ3) is 4.59. The molecule has 1 saturated heterocycles. The number of thiazole rings is 1. The number of sulfonamides is 1. The summed E-state index contributed by atoms with van der Waals surface area (Å²) < 4.78 is 26.8. The molecule has 0 saturated carbocycles. The first kappa shape index (κ1) is 22.5. The quantitative estimate of drug-likeness (QED) is 0.674. The topological polar surface area (TPSA) is 120 Å². The second-order valence-electron chi connectivity index (χ2n) is 6.83. The molecule has 1 aromatic carbocycles. The molecule has 1 fully saturated rings. The van der Waals surface area contributed by atoms with Crippen LogP contribution in [0.15, 0.2) is 33.3 Å². The fraction of sp³-hybridized carbons (Fsp3) is 0.389. The van der Waals surface area contributed by atoms with E-state index in [1.807, 2.05) is 0 Å². The molecule has 2 N–H and O–H groups in total. The average Bonchev–Trinajstić information content (AvgIpc) is 3.06. The lowest BCUT2D eigenvalue weighted by Gasteiger charge is -2.35. The maximum atomic E-state index is 12.8. The maximum absolute atomic E-state index is 12.8. The highest BCUT2D eigenvalue weighted by Gasteiger charge is 2.34. The van der Waals surface area contributed by atoms with E-state index in [-0.39, 0.29) is 46.9 Å². The number of aromatic amines is 1. The number of H-pyrrole nitrogens is 1. The Morgan fingerprint density at radius 1 is 1.20 bits per heavy atom. The molecule has 2 amide bonds. The number of hydrogen-bond donors (Lipinski definition) is 2. The molecule has 1 unspecified atom stereocenters. The molecule has 3 rings (SSSR count). The highest BCUT2D eigenvalue weighted by molar-refractivity contribution is 7.91. The van der Waals surface area contributed by atoms with E-state index in [1.165, 1.54) is 16.1 Å². The number of nitrogens with zero attached hydrogens (tertiary/aromatic N) is 2. The molecule has 0 aliphatic carbocycles. The van der Waals surface area contributed by atoms with Crippen LogP contribution in [0, 0.1) is 6.92 Å². The summed E-state index contributed by atoms with van der Waals surface area (Å²) in [6.45, 7) is 3.68. The molecule has 30 heavy (non-hydrogen) atoms. The highest BCUT2D eigenvalue weighted by atomic mass is 35.5. The number of halogens is 1. The summed E-state index contributed by atoms with van der Waals surface area (Å²) >= 11 is 6.67. The molecule has 1 aromatic heterocycles. The Labute approximate surface area is 182 Å². The number of amides is 2. The van der Waals surface area contributed by atoms with Crippen molar-refractivity contribution in [2.24, 2.45) is 0 Å².